The first-order valence-corrected chi connectivity index (χ1v) is 13.5. The van der Waals surface area contributed by atoms with Crippen molar-refractivity contribution in [3.8, 4) is 0 Å². The van der Waals surface area contributed by atoms with Gasteiger partial charge in [-0.15, -0.1) is 0 Å². The van der Waals surface area contributed by atoms with Gasteiger partial charge in [-0.05, 0) is 56.4 Å². The molecule has 0 bridgehead atoms. The SMILES string of the molecule is CCc1cnc(N2CCC(CO[C@H]3CC[C@@H](c4cnc(S(C)(=O)=O)cn4)CC3)CC2)nc1. The lowest BCUT2D eigenvalue weighted by atomic mass is 9.85. The summed E-state index contributed by atoms with van der Waals surface area (Å²) in [6, 6.07) is 0. The maximum atomic E-state index is 11.6. The quantitative estimate of drug-likeness (QED) is 0.623. The lowest BCUT2D eigenvalue weighted by molar-refractivity contribution is 0.000344. The maximum Gasteiger partial charge on any atom is 0.225 e. The van der Waals surface area contributed by atoms with Gasteiger partial charge in [0.25, 0.3) is 0 Å². The van der Waals surface area contributed by atoms with E-state index < -0.39 is 9.84 Å². The summed E-state index contributed by atoms with van der Waals surface area (Å²) >= 11 is 0. The number of ether oxygens (including phenoxy) is 1. The van der Waals surface area contributed by atoms with Crippen molar-refractivity contribution >= 4 is 15.8 Å². The van der Waals surface area contributed by atoms with E-state index in [1.54, 1.807) is 6.20 Å². The summed E-state index contributed by atoms with van der Waals surface area (Å²) in [6.45, 7) is 4.90. The first-order chi connectivity index (χ1) is 15.4. The number of rotatable bonds is 7. The van der Waals surface area contributed by atoms with Gasteiger partial charge in [0, 0.05) is 44.3 Å². The molecule has 2 fully saturated rings. The van der Waals surface area contributed by atoms with Gasteiger partial charge in [0.2, 0.25) is 5.95 Å². The second-order valence-corrected chi connectivity index (χ2v) is 11.0. The molecule has 8 nitrogen and oxygen atoms in total. The highest BCUT2D eigenvalue weighted by Crippen LogP contribution is 2.33. The molecule has 2 aliphatic rings. The molecule has 2 aromatic heterocycles. The molecule has 1 aliphatic carbocycles. The highest BCUT2D eigenvalue weighted by Gasteiger charge is 2.26. The fourth-order valence-corrected chi connectivity index (χ4v) is 5.01. The summed E-state index contributed by atoms with van der Waals surface area (Å²) in [7, 11) is -3.30. The summed E-state index contributed by atoms with van der Waals surface area (Å²) < 4.78 is 29.4. The van der Waals surface area contributed by atoms with Gasteiger partial charge in [-0.3, -0.25) is 4.98 Å². The van der Waals surface area contributed by atoms with E-state index in [9.17, 15) is 8.42 Å². The molecule has 3 heterocycles. The summed E-state index contributed by atoms with van der Waals surface area (Å²) in [4.78, 5) is 19.7. The summed E-state index contributed by atoms with van der Waals surface area (Å²) in [5.74, 6) is 1.76. The Morgan fingerprint density at radius 1 is 0.938 bits per heavy atom. The van der Waals surface area contributed by atoms with Crippen LogP contribution in [0.4, 0.5) is 5.95 Å². The molecule has 32 heavy (non-hydrogen) atoms. The second kappa shape index (κ2) is 10.2. The van der Waals surface area contributed by atoms with Gasteiger partial charge in [0.05, 0.1) is 24.2 Å². The van der Waals surface area contributed by atoms with Crippen LogP contribution in [-0.2, 0) is 21.0 Å². The zero-order valence-corrected chi connectivity index (χ0v) is 19.8. The Hall–Kier alpha value is -2.13. The molecule has 0 amide bonds. The minimum absolute atomic E-state index is 0.0360. The van der Waals surface area contributed by atoms with Crippen LogP contribution < -0.4 is 4.90 Å². The van der Waals surface area contributed by atoms with Crippen molar-refractivity contribution in [3.63, 3.8) is 0 Å². The smallest absolute Gasteiger partial charge is 0.225 e. The largest absolute Gasteiger partial charge is 0.378 e. The number of sulfone groups is 1. The van der Waals surface area contributed by atoms with Crippen LogP contribution >= 0.6 is 0 Å². The lowest BCUT2D eigenvalue weighted by Crippen LogP contribution is -2.36. The normalized spacial score (nSPS) is 22.8. The van der Waals surface area contributed by atoms with Crippen molar-refractivity contribution in [3.05, 3.63) is 36.0 Å². The number of aryl methyl sites for hydroxylation is 1. The Morgan fingerprint density at radius 3 is 2.19 bits per heavy atom. The van der Waals surface area contributed by atoms with Crippen molar-refractivity contribution < 1.29 is 13.2 Å². The number of nitrogens with zero attached hydrogens (tertiary/aromatic N) is 5. The highest BCUT2D eigenvalue weighted by molar-refractivity contribution is 7.90. The molecule has 0 spiro atoms. The van der Waals surface area contributed by atoms with Gasteiger partial charge in [0.15, 0.2) is 14.9 Å². The van der Waals surface area contributed by atoms with E-state index in [-0.39, 0.29) is 5.03 Å². The molecule has 174 valence electrons. The van der Waals surface area contributed by atoms with Crippen molar-refractivity contribution in [2.24, 2.45) is 5.92 Å². The monoisotopic (exact) mass is 459 g/mol. The van der Waals surface area contributed by atoms with Gasteiger partial charge >= 0.3 is 0 Å². The van der Waals surface area contributed by atoms with Crippen LogP contribution in [0.3, 0.4) is 0 Å². The Bertz CT molecular complexity index is 966. The Kier molecular flexibility index (Phi) is 7.35. The molecule has 0 radical (unpaired) electrons. The molecule has 0 unspecified atom stereocenters. The van der Waals surface area contributed by atoms with Crippen molar-refractivity contribution in [2.75, 3.05) is 30.9 Å². The van der Waals surface area contributed by atoms with Gasteiger partial charge in [-0.1, -0.05) is 6.92 Å². The number of hydrogen-bond acceptors (Lipinski definition) is 8. The molecule has 4 rings (SSSR count). The van der Waals surface area contributed by atoms with Gasteiger partial charge in [-0.2, -0.15) is 0 Å². The van der Waals surface area contributed by atoms with Crippen molar-refractivity contribution in [2.45, 2.75) is 68.9 Å². The molecular weight excluding hydrogens is 426 g/mol. The molecule has 1 aliphatic heterocycles. The highest BCUT2D eigenvalue weighted by atomic mass is 32.2. The van der Waals surface area contributed by atoms with E-state index in [0.29, 0.717) is 17.9 Å². The fourth-order valence-electron chi connectivity index (χ4n) is 4.52. The Balaban J connectivity index is 1.18. The third-order valence-electron chi connectivity index (χ3n) is 6.69. The number of hydrogen-bond donors (Lipinski definition) is 0. The molecule has 2 aromatic rings. The molecule has 1 saturated heterocycles. The third kappa shape index (κ3) is 5.81. The first-order valence-electron chi connectivity index (χ1n) is 11.6. The average molecular weight is 460 g/mol. The van der Waals surface area contributed by atoms with E-state index >= 15 is 0 Å². The minimum Gasteiger partial charge on any atom is -0.378 e. The van der Waals surface area contributed by atoms with Gasteiger partial charge in [-0.25, -0.2) is 23.4 Å². The second-order valence-electron chi connectivity index (χ2n) is 9.03. The van der Waals surface area contributed by atoms with Crippen LogP contribution in [0.25, 0.3) is 0 Å². The van der Waals surface area contributed by atoms with E-state index in [1.807, 2.05) is 12.4 Å². The zero-order chi connectivity index (χ0) is 22.6. The van der Waals surface area contributed by atoms with Crippen LogP contribution in [0.1, 0.15) is 62.6 Å². The van der Waals surface area contributed by atoms with Crippen LogP contribution in [0.2, 0.25) is 0 Å². The zero-order valence-electron chi connectivity index (χ0n) is 19.0. The molecule has 0 N–H and O–H groups in total. The van der Waals surface area contributed by atoms with Crippen LogP contribution in [0.15, 0.2) is 29.8 Å². The van der Waals surface area contributed by atoms with Crippen molar-refractivity contribution in [1.82, 2.24) is 19.9 Å². The van der Waals surface area contributed by atoms with Gasteiger partial charge in [0.1, 0.15) is 0 Å². The summed E-state index contributed by atoms with van der Waals surface area (Å²) in [5, 5.41) is 0.0360. The number of anilines is 1. The summed E-state index contributed by atoms with van der Waals surface area (Å²) in [5.41, 5.74) is 2.06. The van der Waals surface area contributed by atoms with Gasteiger partial charge < -0.3 is 9.64 Å². The lowest BCUT2D eigenvalue weighted by Gasteiger charge is -2.34. The van der Waals surface area contributed by atoms with Crippen molar-refractivity contribution in [1.29, 1.82) is 0 Å². The average Bonchev–Trinajstić information content (AvgIpc) is 2.83. The number of aromatic nitrogens is 4. The topological polar surface area (TPSA) is 98.2 Å². The van der Waals surface area contributed by atoms with Crippen LogP contribution in [-0.4, -0.2) is 60.4 Å². The summed E-state index contributed by atoms with van der Waals surface area (Å²) in [6.07, 6.45) is 15.5. The first kappa shape index (κ1) is 23.0. The molecule has 0 aromatic carbocycles. The van der Waals surface area contributed by atoms with E-state index in [1.165, 1.54) is 11.8 Å². The molecule has 0 atom stereocenters. The Labute approximate surface area is 190 Å². The number of piperidine rings is 1. The van der Waals surface area contributed by atoms with Crippen LogP contribution in [0.5, 0.6) is 0 Å². The minimum atomic E-state index is -3.30. The van der Waals surface area contributed by atoms with Crippen LogP contribution in [0, 0.1) is 5.92 Å². The predicted molar refractivity (Wildman–Crippen MR) is 122 cm³/mol. The fraction of sp³-hybridized carbons (Fsp3) is 0.652. The van der Waals surface area contributed by atoms with E-state index in [4.69, 9.17) is 4.74 Å². The van der Waals surface area contributed by atoms with E-state index in [2.05, 4.69) is 31.8 Å². The standard InChI is InChI=1S/C23H33N5O3S/c1-3-17-12-26-23(27-13-17)28-10-8-18(9-11-28)16-31-20-6-4-19(5-7-20)21-14-25-22(15-24-21)32(2,29)30/h12-15,18-20H,3-11,16H2,1-2H3/t19-,20+. The third-order valence-corrected chi connectivity index (χ3v) is 7.66. The molecular formula is C23H33N5O3S. The molecule has 1 saturated carbocycles. The Morgan fingerprint density at radius 2 is 1.62 bits per heavy atom. The maximum absolute atomic E-state index is 11.6. The van der Waals surface area contributed by atoms with E-state index in [0.717, 1.165) is 82.5 Å². The molecule has 9 heteroatoms. The predicted octanol–water partition coefficient (Wildman–Crippen LogP) is 3.19.